The number of ether oxygens (including phenoxy) is 2. The van der Waals surface area contributed by atoms with Gasteiger partial charge in [0.25, 0.3) is 15.9 Å². The highest BCUT2D eigenvalue weighted by molar-refractivity contribution is 7.92. The van der Waals surface area contributed by atoms with Crippen LogP contribution in [0.3, 0.4) is 0 Å². The molecule has 0 radical (unpaired) electrons. The van der Waals surface area contributed by atoms with E-state index in [-0.39, 0.29) is 34.1 Å². The number of hydrogen-bond donors (Lipinski definition) is 2. The molecule has 11 nitrogen and oxygen atoms in total. The molecule has 2 saturated heterocycles. The number of benzene rings is 3. The van der Waals surface area contributed by atoms with Crippen LogP contribution in [0, 0.1) is 27.7 Å². The molecule has 2 N–H and O–H groups in total. The highest BCUT2D eigenvalue weighted by atomic mass is 32.2. The number of nitrogens with zero attached hydrogens (tertiary/aromatic N) is 2. The van der Waals surface area contributed by atoms with Gasteiger partial charge in [0.15, 0.2) is 0 Å². The smallest absolute Gasteiger partial charge is 0.262 e. The third-order valence-corrected chi connectivity index (χ3v) is 11.7. The van der Waals surface area contributed by atoms with E-state index in [1.165, 1.54) is 22.5 Å². The largest absolute Gasteiger partial charge is 0.379 e. The first-order valence-electron chi connectivity index (χ1n) is 14.5. The second kappa shape index (κ2) is 12.9. The zero-order chi connectivity index (χ0) is 31.6. The third-order valence-electron chi connectivity index (χ3n) is 8.16. The van der Waals surface area contributed by atoms with E-state index in [0.717, 1.165) is 11.1 Å². The van der Waals surface area contributed by atoms with E-state index >= 15 is 0 Å². The van der Waals surface area contributed by atoms with E-state index in [2.05, 4.69) is 10.0 Å². The van der Waals surface area contributed by atoms with Gasteiger partial charge in [0.2, 0.25) is 10.0 Å². The first-order chi connectivity index (χ1) is 20.9. The summed E-state index contributed by atoms with van der Waals surface area (Å²) in [5.74, 6) is -0.590. The number of amides is 1. The zero-order valence-corrected chi connectivity index (χ0v) is 27.0. The van der Waals surface area contributed by atoms with Crippen molar-refractivity contribution in [3.63, 3.8) is 0 Å². The predicted octanol–water partition coefficient (Wildman–Crippen LogP) is 3.83. The fourth-order valence-electron chi connectivity index (χ4n) is 5.53. The van der Waals surface area contributed by atoms with Crippen LogP contribution in [0.4, 0.5) is 17.1 Å². The topological polar surface area (TPSA) is 134 Å². The fourth-order valence-corrected chi connectivity index (χ4v) is 8.66. The first kappa shape index (κ1) is 31.9. The average Bonchev–Trinajstić information content (AvgIpc) is 3.01. The van der Waals surface area contributed by atoms with Crippen molar-refractivity contribution in [2.45, 2.75) is 37.5 Å². The molecule has 3 aromatic carbocycles. The fraction of sp³-hybridized carbons (Fsp3) is 0.387. The second-order valence-electron chi connectivity index (χ2n) is 11.0. The van der Waals surface area contributed by atoms with Crippen LogP contribution in [-0.4, -0.2) is 79.7 Å². The number of para-hydroxylation sites is 1. The van der Waals surface area contributed by atoms with Crippen LogP contribution >= 0.6 is 0 Å². The van der Waals surface area contributed by atoms with Gasteiger partial charge in [-0.1, -0.05) is 18.2 Å². The molecule has 5 rings (SSSR count). The monoisotopic (exact) mass is 642 g/mol. The molecule has 2 aliphatic rings. The zero-order valence-electron chi connectivity index (χ0n) is 25.3. The number of carbonyl (C=O) groups excluding carboxylic acids is 1. The molecular formula is C31H38N4O7S2. The number of carbonyl (C=O) groups is 1. The number of hydrogen-bond acceptors (Lipinski definition) is 8. The van der Waals surface area contributed by atoms with Crippen LogP contribution < -0.4 is 14.9 Å². The summed E-state index contributed by atoms with van der Waals surface area (Å²) >= 11 is 0. The van der Waals surface area contributed by atoms with E-state index in [0.29, 0.717) is 62.0 Å². The molecule has 44 heavy (non-hydrogen) atoms. The Hall–Kier alpha value is -3.49. The molecule has 0 unspecified atom stereocenters. The Morgan fingerprint density at radius 2 is 1.34 bits per heavy atom. The molecule has 0 saturated carbocycles. The number of morpholine rings is 2. The quantitative estimate of drug-likeness (QED) is 0.379. The number of sulfonamides is 2. The Morgan fingerprint density at radius 3 is 1.98 bits per heavy atom. The number of rotatable bonds is 8. The average molecular weight is 643 g/mol. The van der Waals surface area contributed by atoms with E-state index in [1.54, 1.807) is 38.1 Å². The van der Waals surface area contributed by atoms with Gasteiger partial charge >= 0.3 is 0 Å². The lowest BCUT2D eigenvalue weighted by Crippen LogP contribution is -2.40. The summed E-state index contributed by atoms with van der Waals surface area (Å²) in [6.45, 7) is 10.4. The summed E-state index contributed by atoms with van der Waals surface area (Å²) in [5, 5.41) is 2.88. The Labute approximate surface area is 259 Å². The lowest BCUT2D eigenvalue weighted by Gasteiger charge is -2.31. The maximum absolute atomic E-state index is 13.8. The van der Waals surface area contributed by atoms with Crippen LogP contribution in [0.1, 0.15) is 32.6 Å². The molecule has 0 atom stereocenters. The molecular weight excluding hydrogens is 604 g/mol. The van der Waals surface area contributed by atoms with Crippen molar-refractivity contribution in [2.75, 3.05) is 67.5 Å². The minimum absolute atomic E-state index is 0.0430. The van der Waals surface area contributed by atoms with Gasteiger partial charge in [0.1, 0.15) is 0 Å². The Balaban J connectivity index is 1.50. The second-order valence-corrected chi connectivity index (χ2v) is 14.5. The first-order valence-corrected chi connectivity index (χ1v) is 17.4. The molecule has 3 aromatic rings. The predicted molar refractivity (Wildman–Crippen MR) is 170 cm³/mol. The van der Waals surface area contributed by atoms with Crippen molar-refractivity contribution in [1.29, 1.82) is 0 Å². The Bertz CT molecular complexity index is 1750. The van der Waals surface area contributed by atoms with Crippen LogP contribution in [0.5, 0.6) is 0 Å². The summed E-state index contributed by atoms with van der Waals surface area (Å²) < 4.78 is 69.2. The van der Waals surface area contributed by atoms with E-state index in [1.807, 2.05) is 24.8 Å². The molecule has 1 amide bonds. The van der Waals surface area contributed by atoms with Gasteiger partial charge in [-0.2, -0.15) is 4.31 Å². The summed E-state index contributed by atoms with van der Waals surface area (Å²) in [6, 6.07) is 13.0. The van der Waals surface area contributed by atoms with Gasteiger partial charge in [0, 0.05) is 26.2 Å². The molecule has 0 spiro atoms. The lowest BCUT2D eigenvalue weighted by atomic mass is 10.0. The van der Waals surface area contributed by atoms with Crippen molar-refractivity contribution >= 4 is 43.0 Å². The van der Waals surface area contributed by atoms with Gasteiger partial charge in [-0.3, -0.25) is 9.52 Å². The SMILES string of the molecule is Cc1cc(C)c(C)c(S(=O)(=O)Nc2ccccc2C(=O)Nc2cc(S(=O)(=O)N3CCOCC3)ccc2N2CCOCC2)c1C. The highest BCUT2D eigenvalue weighted by Crippen LogP contribution is 2.33. The molecule has 0 aromatic heterocycles. The van der Waals surface area contributed by atoms with Gasteiger partial charge in [-0.15, -0.1) is 0 Å². The van der Waals surface area contributed by atoms with Gasteiger partial charge < -0.3 is 19.7 Å². The molecule has 13 heteroatoms. The van der Waals surface area contributed by atoms with Crippen LogP contribution in [0.15, 0.2) is 58.3 Å². The van der Waals surface area contributed by atoms with Crippen LogP contribution in [0.25, 0.3) is 0 Å². The molecule has 0 aliphatic carbocycles. The standard InChI is InChI=1S/C31H38N4O7S2/c1-21-19-22(2)24(4)30(23(21)3)43(37,38)33-27-8-6-5-7-26(27)31(36)32-28-20-25(44(39,40)35-13-17-42-18-14-35)9-10-29(28)34-11-15-41-16-12-34/h5-10,19-20,33H,11-18H2,1-4H3,(H,32,36). The van der Waals surface area contributed by atoms with Crippen molar-refractivity contribution in [2.24, 2.45) is 0 Å². The van der Waals surface area contributed by atoms with Crippen molar-refractivity contribution in [1.82, 2.24) is 4.31 Å². The number of anilines is 3. The molecule has 2 fully saturated rings. The molecule has 2 aliphatic heterocycles. The van der Waals surface area contributed by atoms with Gasteiger partial charge in [-0.25, -0.2) is 16.8 Å². The molecule has 2 heterocycles. The van der Waals surface area contributed by atoms with Gasteiger partial charge in [0.05, 0.1) is 58.8 Å². The minimum Gasteiger partial charge on any atom is -0.379 e. The summed E-state index contributed by atoms with van der Waals surface area (Å²) in [5.41, 5.74) is 4.10. The lowest BCUT2D eigenvalue weighted by molar-refractivity contribution is 0.0730. The minimum atomic E-state index is -4.06. The molecule has 236 valence electrons. The summed E-state index contributed by atoms with van der Waals surface area (Å²) in [6.07, 6.45) is 0. The van der Waals surface area contributed by atoms with E-state index in [4.69, 9.17) is 9.47 Å². The van der Waals surface area contributed by atoms with Crippen molar-refractivity contribution < 1.29 is 31.1 Å². The van der Waals surface area contributed by atoms with Gasteiger partial charge in [-0.05, 0) is 80.3 Å². The Kier molecular flexibility index (Phi) is 9.33. The molecule has 0 bridgehead atoms. The highest BCUT2D eigenvalue weighted by Gasteiger charge is 2.29. The Morgan fingerprint density at radius 1 is 0.750 bits per heavy atom. The summed E-state index contributed by atoms with van der Waals surface area (Å²) in [4.78, 5) is 16.1. The van der Waals surface area contributed by atoms with Crippen LogP contribution in [0.2, 0.25) is 0 Å². The van der Waals surface area contributed by atoms with Crippen LogP contribution in [-0.2, 0) is 29.5 Å². The number of nitrogens with one attached hydrogen (secondary N) is 2. The maximum atomic E-state index is 13.8. The van der Waals surface area contributed by atoms with Crippen molar-refractivity contribution in [3.05, 3.63) is 76.3 Å². The number of aryl methyl sites for hydroxylation is 2. The summed E-state index contributed by atoms with van der Waals surface area (Å²) in [7, 11) is -7.90. The van der Waals surface area contributed by atoms with E-state index in [9.17, 15) is 21.6 Å². The normalized spacial score (nSPS) is 16.5. The maximum Gasteiger partial charge on any atom is 0.262 e. The van der Waals surface area contributed by atoms with Crippen molar-refractivity contribution in [3.8, 4) is 0 Å². The van der Waals surface area contributed by atoms with E-state index < -0.39 is 26.0 Å². The third kappa shape index (κ3) is 6.47.